The zero-order chi connectivity index (χ0) is 13.0. The maximum atomic E-state index is 11.2. The molecule has 1 aliphatic rings. The van der Waals surface area contributed by atoms with Crippen LogP contribution in [0.3, 0.4) is 0 Å². The summed E-state index contributed by atoms with van der Waals surface area (Å²) in [5, 5.41) is 3.15. The van der Waals surface area contributed by atoms with Crippen LogP contribution in [0.25, 0.3) is 0 Å². The molecule has 2 unspecified atom stereocenters. The third-order valence-electron chi connectivity index (χ3n) is 3.41. The summed E-state index contributed by atoms with van der Waals surface area (Å²) in [5.74, 6) is 1.03. The van der Waals surface area contributed by atoms with Crippen LogP contribution < -0.4 is 15.8 Å². The minimum Gasteiger partial charge on any atom is -0.494 e. The summed E-state index contributed by atoms with van der Waals surface area (Å²) in [4.78, 5) is 11.2. The quantitative estimate of drug-likeness (QED) is 0.846. The van der Waals surface area contributed by atoms with Crippen molar-refractivity contribution in [3.05, 3.63) is 29.8 Å². The van der Waals surface area contributed by atoms with E-state index in [9.17, 15) is 4.79 Å². The number of carbonyl (C=O) groups excluding carboxylic acids is 1. The van der Waals surface area contributed by atoms with Gasteiger partial charge in [0, 0.05) is 0 Å². The molecule has 1 fully saturated rings. The van der Waals surface area contributed by atoms with Crippen LogP contribution in [0.2, 0.25) is 0 Å². The van der Waals surface area contributed by atoms with Crippen molar-refractivity contribution >= 4 is 5.91 Å². The third kappa shape index (κ3) is 3.01. The molecule has 1 saturated heterocycles. The second-order valence-electron chi connectivity index (χ2n) is 4.63. The van der Waals surface area contributed by atoms with Gasteiger partial charge in [-0.05, 0) is 49.9 Å². The Hall–Kier alpha value is -1.55. The second kappa shape index (κ2) is 5.87. The number of hydrogen-bond acceptors (Lipinski definition) is 3. The van der Waals surface area contributed by atoms with Gasteiger partial charge < -0.3 is 15.8 Å². The molecule has 0 aliphatic carbocycles. The lowest BCUT2D eigenvalue weighted by Crippen LogP contribution is -2.46. The Morgan fingerprint density at radius 2 is 2.17 bits per heavy atom. The Morgan fingerprint density at radius 1 is 1.44 bits per heavy atom. The zero-order valence-electron chi connectivity index (χ0n) is 10.7. The Bertz CT molecular complexity index is 403. The summed E-state index contributed by atoms with van der Waals surface area (Å²) in [6.45, 7) is 3.49. The Morgan fingerprint density at radius 3 is 2.78 bits per heavy atom. The largest absolute Gasteiger partial charge is 0.494 e. The molecule has 0 spiro atoms. The number of amides is 1. The predicted molar refractivity (Wildman–Crippen MR) is 70.6 cm³/mol. The number of carbonyl (C=O) groups is 1. The second-order valence-corrected chi connectivity index (χ2v) is 4.63. The fourth-order valence-electron chi connectivity index (χ4n) is 2.44. The molecule has 1 amide bonds. The summed E-state index contributed by atoms with van der Waals surface area (Å²) in [7, 11) is 0. The Balaban J connectivity index is 2.04. The molecular weight excluding hydrogens is 228 g/mol. The average Bonchev–Trinajstić information content (AvgIpc) is 2.40. The van der Waals surface area contributed by atoms with Crippen LogP contribution in [0.1, 0.15) is 31.2 Å². The number of primary amides is 1. The van der Waals surface area contributed by atoms with E-state index in [1.165, 1.54) is 5.56 Å². The van der Waals surface area contributed by atoms with Crippen molar-refractivity contribution in [3.8, 4) is 5.75 Å². The van der Waals surface area contributed by atoms with Crippen LogP contribution in [0.5, 0.6) is 5.75 Å². The Labute approximate surface area is 108 Å². The van der Waals surface area contributed by atoms with E-state index >= 15 is 0 Å². The van der Waals surface area contributed by atoms with E-state index in [2.05, 4.69) is 17.4 Å². The molecule has 1 aliphatic heterocycles. The van der Waals surface area contributed by atoms with Crippen molar-refractivity contribution in [2.24, 2.45) is 5.73 Å². The topological polar surface area (TPSA) is 64.3 Å². The molecule has 4 nitrogen and oxygen atoms in total. The molecule has 2 atom stereocenters. The summed E-state index contributed by atoms with van der Waals surface area (Å²) < 4.78 is 5.42. The van der Waals surface area contributed by atoms with E-state index in [-0.39, 0.29) is 11.9 Å². The fraction of sp³-hybridized carbons (Fsp3) is 0.500. The maximum Gasteiger partial charge on any atom is 0.234 e. The number of benzene rings is 1. The highest BCUT2D eigenvalue weighted by Crippen LogP contribution is 2.28. The first-order valence-electron chi connectivity index (χ1n) is 6.46. The highest BCUT2D eigenvalue weighted by molar-refractivity contribution is 5.80. The van der Waals surface area contributed by atoms with Gasteiger partial charge in [0.05, 0.1) is 12.6 Å². The molecule has 0 saturated carbocycles. The van der Waals surface area contributed by atoms with Gasteiger partial charge in [0.1, 0.15) is 5.75 Å². The van der Waals surface area contributed by atoms with Crippen LogP contribution in [-0.2, 0) is 4.79 Å². The van der Waals surface area contributed by atoms with Crippen molar-refractivity contribution in [2.75, 3.05) is 13.2 Å². The van der Waals surface area contributed by atoms with Crippen molar-refractivity contribution in [1.82, 2.24) is 5.32 Å². The summed E-state index contributed by atoms with van der Waals surface area (Å²) in [6, 6.07) is 7.94. The van der Waals surface area contributed by atoms with Gasteiger partial charge in [-0.2, -0.15) is 0 Å². The van der Waals surface area contributed by atoms with Crippen molar-refractivity contribution in [2.45, 2.75) is 31.7 Å². The van der Waals surface area contributed by atoms with Crippen molar-refractivity contribution in [1.29, 1.82) is 0 Å². The summed E-state index contributed by atoms with van der Waals surface area (Å²) in [5.41, 5.74) is 6.61. The molecule has 2 rings (SSSR count). The Kier molecular flexibility index (Phi) is 4.20. The molecule has 1 aromatic rings. The van der Waals surface area contributed by atoms with E-state index in [0.29, 0.717) is 12.5 Å². The van der Waals surface area contributed by atoms with Gasteiger partial charge in [0.15, 0.2) is 0 Å². The van der Waals surface area contributed by atoms with Crippen LogP contribution in [0.15, 0.2) is 24.3 Å². The van der Waals surface area contributed by atoms with Gasteiger partial charge in [0.2, 0.25) is 5.91 Å². The first-order valence-corrected chi connectivity index (χ1v) is 6.46. The van der Waals surface area contributed by atoms with Gasteiger partial charge in [-0.1, -0.05) is 12.1 Å². The number of piperidine rings is 1. The minimum absolute atomic E-state index is 0.199. The fourth-order valence-corrected chi connectivity index (χ4v) is 2.44. The number of nitrogens with one attached hydrogen (secondary N) is 1. The molecule has 0 bridgehead atoms. The standard InChI is InChI=1S/C14H20N2O2/c1-2-18-12-5-3-10(4-6-12)11-7-8-16-13(9-11)14(15)17/h3-6,11,13,16H,2,7-9H2,1H3,(H2,15,17). The van der Waals surface area contributed by atoms with Gasteiger partial charge in [-0.15, -0.1) is 0 Å². The molecule has 1 aromatic carbocycles. The molecule has 0 radical (unpaired) electrons. The van der Waals surface area contributed by atoms with Gasteiger partial charge >= 0.3 is 0 Å². The van der Waals surface area contributed by atoms with Crippen molar-refractivity contribution < 1.29 is 9.53 Å². The smallest absolute Gasteiger partial charge is 0.234 e. The maximum absolute atomic E-state index is 11.2. The number of rotatable bonds is 4. The average molecular weight is 248 g/mol. The minimum atomic E-state index is -0.259. The zero-order valence-corrected chi connectivity index (χ0v) is 10.7. The predicted octanol–water partition coefficient (Wildman–Crippen LogP) is 1.41. The highest BCUT2D eigenvalue weighted by atomic mass is 16.5. The van der Waals surface area contributed by atoms with Gasteiger partial charge in [-0.3, -0.25) is 4.79 Å². The van der Waals surface area contributed by atoms with E-state index in [1.807, 2.05) is 19.1 Å². The van der Waals surface area contributed by atoms with E-state index in [1.54, 1.807) is 0 Å². The van der Waals surface area contributed by atoms with Crippen LogP contribution in [0, 0.1) is 0 Å². The normalized spacial score (nSPS) is 23.6. The lowest BCUT2D eigenvalue weighted by Gasteiger charge is -2.28. The van der Waals surface area contributed by atoms with E-state index in [0.717, 1.165) is 25.1 Å². The van der Waals surface area contributed by atoms with Crippen molar-refractivity contribution in [3.63, 3.8) is 0 Å². The van der Waals surface area contributed by atoms with E-state index in [4.69, 9.17) is 10.5 Å². The number of hydrogen-bond donors (Lipinski definition) is 2. The number of nitrogens with two attached hydrogens (primary N) is 1. The summed E-state index contributed by atoms with van der Waals surface area (Å²) in [6.07, 6.45) is 1.82. The van der Waals surface area contributed by atoms with Gasteiger partial charge in [-0.25, -0.2) is 0 Å². The molecule has 0 aromatic heterocycles. The van der Waals surface area contributed by atoms with Gasteiger partial charge in [0.25, 0.3) is 0 Å². The molecular formula is C14H20N2O2. The first kappa shape index (κ1) is 12.9. The highest BCUT2D eigenvalue weighted by Gasteiger charge is 2.25. The summed E-state index contributed by atoms with van der Waals surface area (Å²) >= 11 is 0. The lowest BCUT2D eigenvalue weighted by molar-refractivity contribution is -0.120. The monoisotopic (exact) mass is 248 g/mol. The van der Waals surface area contributed by atoms with Crippen LogP contribution >= 0.6 is 0 Å². The molecule has 18 heavy (non-hydrogen) atoms. The SMILES string of the molecule is CCOc1ccc(C2CCNC(C(N)=O)C2)cc1. The molecule has 98 valence electrons. The number of ether oxygens (including phenoxy) is 1. The third-order valence-corrected chi connectivity index (χ3v) is 3.41. The van der Waals surface area contributed by atoms with Crippen LogP contribution in [-0.4, -0.2) is 25.1 Å². The van der Waals surface area contributed by atoms with Crippen LogP contribution in [0.4, 0.5) is 0 Å². The van der Waals surface area contributed by atoms with E-state index < -0.39 is 0 Å². The molecule has 4 heteroatoms. The molecule has 3 N–H and O–H groups in total. The lowest BCUT2D eigenvalue weighted by atomic mass is 9.86. The molecule has 1 heterocycles. The first-order chi connectivity index (χ1) is 8.70.